The average Bonchev–Trinajstić information content (AvgIpc) is 3.19. The van der Waals surface area contributed by atoms with Gasteiger partial charge >= 0.3 is 0 Å². The van der Waals surface area contributed by atoms with E-state index in [1.165, 1.54) is 16.4 Å². The van der Waals surface area contributed by atoms with Crippen LogP contribution in [-0.4, -0.2) is 67.8 Å². The number of ether oxygens (including phenoxy) is 1. The Balaban J connectivity index is 1.90. The Kier molecular flexibility index (Phi) is 7.47. The number of hydrogen-bond donors (Lipinski definition) is 1. The van der Waals surface area contributed by atoms with Crippen molar-refractivity contribution in [3.8, 4) is 0 Å². The lowest BCUT2D eigenvalue weighted by Crippen LogP contribution is -2.40. The molecule has 0 aliphatic carbocycles. The summed E-state index contributed by atoms with van der Waals surface area (Å²) >= 11 is 0. The van der Waals surface area contributed by atoms with Gasteiger partial charge in [0.1, 0.15) is 0 Å². The monoisotopic (exact) mass is 447 g/mol. The predicted molar refractivity (Wildman–Crippen MR) is 120 cm³/mol. The molecule has 1 aromatic heterocycles. The summed E-state index contributed by atoms with van der Waals surface area (Å²) in [6.45, 7) is 6.84. The minimum atomic E-state index is -3.67. The molecule has 10 heteroatoms. The first-order valence-corrected chi connectivity index (χ1v) is 11.7. The summed E-state index contributed by atoms with van der Waals surface area (Å²) in [7, 11) is -1.87. The molecule has 0 atom stereocenters. The SMILES string of the molecule is CCN(CC)c1ccc(S(=O)(=O)N2CCOCC2)cc1NC(=O)/C=C/c1cnn(C)c1. The summed E-state index contributed by atoms with van der Waals surface area (Å²) in [5.41, 5.74) is 2.03. The van der Waals surface area contributed by atoms with Crippen LogP contribution < -0.4 is 10.2 Å². The lowest BCUT2D eigenvalue weighted by molar-refractivity contribution is -0.111. The number of nitrogens with one attached hydrogen (secondary N) is 1. The zero-order valence-electron chi connectivity index (χ0n) is 18.1. The van der Waals surface area contributed by atoms with Gasteiger partial charge in [0.15, 0.2) is 0 Å². The molecule has 0 spiro atoms. The Morgan fingerprint density at radius 3 is 2.58 bits per heavy atom. The number of aromatic nitrogens is 2. The highest BCUT2D eigenvalue weighted by Crippen LogP contribution is 2.30. The second-order valence-electron chi connectivity index (χ2n) is 7.14. The highest BCUT2D eigenvalue weighted by Gasteiger charge is 2.27. The van der Waals surface area contributed by atoms with Crippen molar-refractivity contribution < 1.29 is 17.9 Å². The van der Waals surface area contributed by atoms with Crippen LogP contribution >= 0.6 is 0 Å². The van der Waals surface area contributed by atoms with Crippen LogP contribution in [0.2, 0.25) is 0 Å². The number of morpholine rings is 1. The van der Waals surface area contributed by atoms with E-state index in [1.54, 1.807) is 42.3 Å². The molecule has 0 saturated carbocycles. The number of benzene rings is 1. The zero-order chi connectivity index (χ0) is 22.4. The van der Waals surface area contributed by atoms with E-state index in [0.29, 0.717) is 32.0 Å². The lowest BCUT2D eigenvalue weighted by atomic mass is 10.2. The molecule has 1 fully saturated rings. The van der Waals surface area contributed by atoms with E-state index in [9.17, 15) is 13.2 Å². The summed E-state index contributed by atoms with van der Waals surface area (Å²) < 4.78 is 34.5. The van der Waals surface area contributed by atoms with Gasteiger partial charge in [0, 0.05) is 51.1 Å². The van der Waals surface area contributed by atoms with Gasteiger partial charge in [0.2, 0.25) is 15.9 Å². The zero-order valence-corrected chi connectivity index (χ0v) is 18.9. The molecule has 1 aromatic carbocycles. The molecule has 1 amide bonds. The molecule has 2 aromatic rings. The van der Waals surface area contributed by atoms with Crippen LogP contribution in [0, 0.1) is 0 Å². The maximum Gasteiger partial charge on any atom is 0.248 e. The smallest absolute Gasteiger partial charge is 0.248 e. The Labute approximate surface area is 183 Å². The molecule has 9 nitrogen and oxygen atoms in total. The Morgan fingerprint density at radius 1 is 1.26 bits per heavy atom. The molecular weight excluding hydrogens is 418 g/mol. The third-order valence-corrected chi connectivity index (χ3v) is 6.98. The maximum atomic E-state index is 13.1. The topological polar surface area (TPSA) is 96.8 Å². The predicted octanol–water partition coefficient (Wildman–Crippen LogP) is 1.94. The summed E-state index contributed by atoms with van der Waals surface area (Å²) in [4.78, 5) is 14.8. The minimum absolute atomic E-state index is 0.150. The van der Waals surface area contributed by atoms with Crippen molar-refractivity contribution in [1.29, 1.82) is 0 Å². The van der Waals surface area contributed by atoms with Crippen LogP contribution in [0.4, 0.5) is 11.4 Å². The highest BCUT2D eigenvalue weighted by molar-refractivity contribution is 7.89. The molecule has 0 unspecified atom stereocenters. The van der Waals surface area contributed by atoms with E-state index in [1.807, 2.05) is 13.8 Å². The molecular formula is C21H29N5O4S. The molecule has 0 radical (unpaired) electrons. The van der Waals surface area contributed by atoms with E-state index in [4.69, 9.17) is 4.74 Å². The van der Waals surface area contributed by atoms with Crippen LogP contribution in [0.15, 0.2) is 41.6 Å². The number of anilines is 2. The standard InChI is InChI=1S/C21H29N5O4S/c1-4-25(5-2)20-8-7-18(31(28,29)26-10-12-30-13-11-26)14-19(20)23-21(27)9-6-17-15-22-24(3)16-17/h6-9,14-16H,4-5,10-13H2,1-3H3,(H,23,27)/b9-6+. The molecule has 1 N–H and O–H groups in total. The largest absolute Gasteiger partial charge is 0.379 e. The average molecular weight is 448 g/mol. The van der Waals surface area contributed by atoms with Gasteiger partial charge in [-0.15, -0.1) is 0 Å². The number of hydrogen-bond acceptors (Lipinski definition) is 6. The molecule has 31 heavy (non-hydrogen) atoms. The summed E-state index contributed by atoms with van der Waals surface area (Å²) in [5, 5.41) is 6.92. The van der Waals surface area contributed by atoms with Crippen molar-refractivity contribution in [3.05, 3.63) is 42.2 Å². The number of rotatable bonds is 8. The Hall–Kier alpha value is -2.69. The third kappa shape index (κ3) is 5.52. The van der Waals surface area contributed by atoms with E-state index in [0.717, 1.165) is 24.3 Å². The number of nitrogens with zero attached hydrogens (tertiary/aromatic N) is 4. The Morgan fingerprint density at radius 2 is 1.97 bits per heavy atom. The van der Waals surface area contributed by atoms with Crippen molar-refractivity contribution in [3.63, 3.8) is 0 Å². The van der Waals surface area contributed by atoms with Gasteiger partial charge in [-0.05, 0) is 38.1 Å². The fraction of sp³-hybridized carbons (Fsp3) is 0.429. The van der Waals surface area contributed by atoms with Crippen molar-refractivity contribution in [2.45, 2.75) is 18.7 Å². The van der Waals surface area contributed by atoms with Crippen LogP contribution in [0.3, 0.4) is 0 Å². The molecule has 168 valence electrons. The fourth-order valence-electron chi connectivity index (χ4n) is 3.42. The summed E-state index contributed by atoms with van der Waals surface area (Å²) in [5.74, 6) is -0.349. The van der Waals surface area contributed by atoms with Gasteiger partial charge in [0.25, 0.3) is 0 Å². The molecule has 3 rings (SSSR count). The second-order valence-corrected chi connectivity index (χ2v) is 9.08. The van der Waals surface area contributed by atoms with Crippen molar-refractivity contribution in [1.82, 2.24) is 14.1 Å². The molecule has 1 saturated heterocycles. The van der Waals surface area contributed by atoms with E-state index in [2.05, 4.69) is 15.3 Å². The number of aryl methyl sites for hydroxylation is 1. The van der Waals surface area contributed by atoms with Gasteiger partial charge in [-0.1, -0.05) is 0 Å². The van der Waals surface area contributed by atoms with Crippen molar-refractivity contribution in [2.75, 3.05) is 49.6 Å². The quantitative estimate of drug-likeness (QED) is 0.621. The molecule has 1 aliphatic heterocycles. The van der Waals surface area contributed by atoms with Gasteiger partial charge < -0.3 is 15.0 Å². The van der Waals surface area contributed by atoms with Gasteiger partial charge in [-0.25, -0.2) is 8.42 Å². The normalized spacial score (nSPS) is 15.3. The molecule has 0 bridgehead atoms. The van der Waals surface area contributed by atoms with E-state index < -0.39 is 10.0 Å². The van der Waals surface area contributed by atoms with E-state index in [-0.39, 0.29) is 10.8 Å². The van der Waals surface area contributed by atoms with Crippen LogP contribution in [0.1, 0.15) is 19.4 Å². The van der Waals surface area contributed by atoms with Gasteiger partial charge in [-0.2, -0.15) is 9.40 Å². The first kappa shape index (κ1) is 23.0. The summed E-state index contributed by atoms with van der Waals surface area (Å²) in [6, 6.07) is 4.88. The fourth-order valence-corrected chi connectivity index (χ4v) is 4.86. The maximum absolute atomic E-state index is 13.1. The number of carbonyl (C=O) groups is 1. The highest BCUT2D eigenvalue weighted by atomic mass is 32.2. The van der Waals surface area contributed by atoms with Crippen molar-refractivity contribution in [2.24, 2.45) is 7.05 Å². The Bertz CT molecular complexity index is 1040. The van der Waals surface area contributed by atoms with Crippen LogP contribution in [0.5, 0.6) is 0 Å². The first-order chi connectivity index (χ1) is 14.8. The van der Waals surface area contributed by atoms with Gasteiger partial charge in [0.05, 0.1) is 35.7 Å². The molecule has 2 heterocycles. The number of sulfonamides is 1. The van der Waals surface area contributed by atoms with Crippen LogP contribution in [-0.2, 0) is 26.6 Å². The second kappa shape index (κ2) is 10.1. The lowest BCUT2D eigenvalue weighted by Gasteiger charge is -2.28. The third-order valence-electron chi connectivity index (χ3n) is 5.09. The molecule has 1 aliphatic rings. The number of carbonyl (C=O) groups excluding carboxylic acids is 1. The van der Waals surface area contributed by atoms with Crippen LogP contribution in [0.25, 0.3) is 6.08 Å². The number of amides is 1. The first-order valence-electron chi connectivity index (χ1n) is 10.3. The van der Waals surface area contributed by atoms with E-state index >= 15 is 0 Å². The van der Waals surface area contributed by atoms with Crippen molar-refractivity contribution >= 4 is 33.4 Å². The minimum Gasteiger partial charge on any atom is -0.379 e. The van der Waals surface area contributed by atoms with Gasteiger partial charge in [-0.3, -0.25) is 9.48 Å². The summed E-state index contributed by atoms with van der Waals surface area (Å²) in [6.07, 6.45) is 6.52.